The molecule has 1 heterocycles. The Morgan fingerprint density at radius 3 is 1.90 bits per heavy atom. The van der Waals surface area contributed by atoms with Gasteiger partial charge >= 0.3 is 0 Å². The van der Waals surface area contributed by atoms with E-state index < -0.39 is 0 Å². The van der Waals surface area contributed by atoms with Crippen molar-refractivity contribution in [3.05, 3.63) is 0 Å². The third kappa shape index (κ3) is 3.76. The van der Waals surface area contributed by atoms with Gasteiger partial charge in [0.2, 0.25) is 0 Å². The van der Waals surface area contributed by atoms with E-state index in [4.69, 9.17) is 0 Å². The fraction of sp³-hybridized carbons (Fsp3) is 1.00. The number of nitrogens with one attached hydrogen (secondary N) is 1. The summed E-state index contributed by atoms with van der Waals surface area (Å²) >= 11 is 0. The van der Waals surface area contributed by atoms with Crippen LogP contribution in [0.1, 0.15) is 79.6 Å². The quantitative estimate of drug-likeness (QED) is 0.637. The highest BCUT2D eigenvalue weighted by Gasteiger charge is 2.44. The van der Waals surface area contributed by atoms with Gasteiger partial charge in [-0.05, 0) is 57.7 Å². The molecule has 1 atom stereocenters. The monoisotopic (exact) mass is 282 g/mol. The van der Waals surface area contributed by atoms with Crippen molar-refractivity contribution in [2.45, 2.75) is 91.1 Å². The Labute approximate surface area is 127 Å². The van der Waals surface area contributed by atoms with E-state index in [1.54, 1.807) is 0 Å². The fourth-order valence-corrected chi connectivity index (χ4v) is 4.35. The van der Waals surface area contributed by atoms with E-state index in [0.29, 0.717) is 11.6 Å². The second-order valence-electron chi connectivity index (χ2n) is 6.51. The number of rotatable bonds is 10. The van der Waals surface area contributed by atoms with Crippen LogP contribution >= 0.6 is 0 Å². The predicted octanol–water partition coefficient (Wildman–Crippen LogP) is 4.45. The molecular weight excluding hydrogens is 244 g/mol. The number of hydrogen-bond donors (Lipinski definition) is 1. The topological polar surface area (TPSA) is 15.3 Å². The molecule has 1 fully saturated rings. The minimum atomic E-state index is 0.377. The van der Waals surface area contributed by atoms with Crippen molar-refractivity contribution in [1.82, 2.24) is 10.2 Å². The van der Waals surface area contributed by atoms with Crippen LogP contribution in [0.2, 0.25) is 0 Å². The van der Waals surface area contributed by atoms with Crippen molar-refractivity contribution >= 4 is 0 Å². The molecule has 1 unspecified atom stereocenters. The van der Waals surface area contributed by atoms with Crippen LogP contribution in [0.15, 0.2) is 0 Å². The van der Waals surface area contributed by atoms with Crippen molar-refractivity contribution in [3.8, 4) is 0 Å². The number of hydrogen-bond acceptors (Lipinski definition) is 2. The maximum atomic E-state index is 3.95. The highest BCUT2D eigenvalue weighted by Crippen LogP contribution is 2.36. The van der Waals surface area contributed by atoms with Crippen molar-refractivity contribution in [3.63, 3.8) is 0 Å². The lowest BCUT2D eigenvalue weighted by Crippen LogP contribution is -2.62. The summed E-state index contributed by atoms with van der Waals surface area (Å²) < 4.78 is 0. The van der Waals surface area contributed by atoms with Crippen LogP contribution in [0.3, 0.4) is 0 Å². The lowest BCUT2D eigenvalue weighted by atomic mass is 9.74. The van der Waals surface area contributed by atoms with Crippen LogP contribution in [0.5, 0.6) is 0 Å². The SMILES string of the molecule is CCCNC(C(CC)CC)C(CC)(CC)N1CCCC1. The van der Waals surface area contributed by atoms with E-state index in [2.05, 4.69) is 44.8 Å². The molecule has 1 saturated heterocycles. The van der Waals surface area contributed by atoms with Gasteiger partial charge in [0.15, 0.2) is 0 Å². The average Bonchev–Trinajstić information content (AvgIpc) is 3.01. The van der Waals surface area contributed by atoms with Crippen LogP contribution in [0.4, 0.5) is 0 Å². The smallest absolute Gasteiger partial charge is 0.0359 e. The summed E-state index contributed by atoms with van der Waals surface area (Å²) in [6.45, 7) is 15.6. The summed E-state index contributed by atoms with van der Waals surface area (Å²) in [5.74, 6) is 0.807. The van der Waals surface area contributed by atoms with Gasteiger partial charge in [-0.1, -0.05) is 47.5 Å². The van der Waals surface area contributed by atoms with Crippen LogP contribution < -0.4 is 5.32 Å². The third-order valence-electron chi connectivity index (χ3n) is 5.67. The molecule has 20 heavy (non-hydrogen) atoms. The second kappa shape index (κ2) is 9.04. The number of likely N-dealkylation sites (tertiary alicyclic amines) is 1. The zero-order valence-corrected chi connectivity index (χ0v) is 14.7. The maximum Gasteiger partial charge on any atom is 0.0359 e. The average molecular weight is 283 g/mol. The summed E-state index contributed by atoms with van der Waals surface area (Å²) in [5, 5.41) is 3.95. The zero-order chi connectivity index (χ0) is 15.0. The van der Waals surface area contributed by atoms with Gasteiger partial charge in [-0.25, -0.2) is 0 Å². The van der Waals surface area contributed by atoms with E-state index >= 15 is 0 Å². The molecule has 0 aromatic carbocycles. The van der Waals surface area contributed by atoms with Gasteiger partial charge in [0.05, 0.1) is 0 Å². The lowest BCUT2D eigenvalue weighted by Gasteiger charge is -2.50. The van der Waals surface area contributed by atoms with Crippen molar-refractivity contribution in [1.29, 1.82) is 0 Å². The molecule has 120 valence electrons. The Morgan fingerprint density at radius 1 is 0.950 bits per heavy atom. The first-order valence-corrected chi connectivity index (χ1v) is 9.18. The molecule has 0 aromatic heterocycles. The molecule has 0 radical (unpaired) electrons. The molecule has 1 aliphatic rings. The molecule has 0 spiro atoms. The van der Waals surface area contributed by atoms with E-state index in [1.807, 2.05) is 0 Å². The van der Waals surface area contributed by atoms with Gasteiger partial charge in [0, 0.05) is 11.6 Å². The highest BCUT2D eigenvalue weighted by molar-refractivity contribution is 5.02. The first-order chi connectivity index (χ1) is 9.69. The normalized spacial score (nSPS) is 18.9. The van der Waals surface area contributed by atoms with Crippen molar-refractivity contribution in [2.24, 2.45) is 5.92 Å². The van der Waals surface area contributed by atoms with Gasteiger partial charge in [0.25, 0.3) is 0 Å². The summed E-state index contributed by atoms with van der Waals surface area (Å²) in [5.41, 5.74) is 0.377. The summed E-state index contributed by atoms with van der Waals surface area (Å²) in [6.07, 6.45) is 9.18. The Kier molecular flexibility index (Phi) is 8.13. The predicted molar refractivity (Wildman–Crippen MR) is 90.3 cm³/mol. The molecule has 0 aromatic rings. The van der Waals surface area contributed by atoms with Gasteiger partial charge in [-0.3, -0.25) is 4.90 Å². The van der Waals surface area contributed by atoms with Gasteiger partial charge in [0.1, 0.15) is 0 Å². The van der Waals surface area contributed by atoms with Crippen LogP contribution in [-0.2, 0) is 0 Å². The number of nitrogens with zero attached hydrogens (tertiary/aromatic N) is 1. The molecule has 0 amide bonds. The van der Waals surface area contributed by atoms with E-state index in [-0.39, 0.29) is 0 Å². The van der Waals surface area contributed by atoms with Crippen LogP contribution in [0.25, 0.3) is 0 Å². The Morgan fingerprint density at radius 2 is 1.50 bits per heavy atom. The van der Waals surface area contributed by atoms with Crippen LogP contribution in [0, 0.1) is 5.92 Å². The molecule has 1 aliphatic heterocycles. The molecule has 2 heteroatoms. The lowest BCUT2D eigenvalue weighted by molar-refractivity contribution is 0.0351. The minimum Gasteiger partial charge on any atom is -0.312 e. The highest BCUT2D eigenvalue weighted by atomic mass is 15.2. The molecule has 0 aliphatic carbocycles. The molecular formula is C18H38N2. The first kappa shape index (κ1) is 18.0. The molecule has 0 bridgehead atoms. The standard InChI is InChI=1S/C18H38N2/c1-6-13-19-17(16(7-2)8-3)18(9-4,10-5)20-14-11-12-15-20/h16-17,19H,6-15H2,1-5H3. The Hall–Kier alpha value is -0.0800. The Balaban J connectivity index is 3.00. The summed E-state index contributed by atoms with van der Waals surface area (Å²) in [4.78, 5) is 2.82. The fourth-order valence-electron chi connectivity index (χ4n) is 4.35. The molecule has 1 rings (SSSR count). The van der Waals surface area contributed by atoms with E-state index in [0.717, 1.165) is 12.5 Å². The van der Waals surface area contributed by atoms with Crippen molar-refractivity contribution < 1.29 is 0 Å². The minimum absolute atomic E-state index is 0.377. The zero-order valence-electron chi connectivity index (χ0n) is 14.7. The van der Waals surface area contributed by atoms with Gasteiger partial charge in [-0.2, -0.15) is 0 Å². The molecule has 1 N–H and O–H groups in total. The maximum absolute atomic E-state index is 3.95. The molecule has 0 saturated carbocycles. The first-order valence-electron chi connectivity index (χ1n) is 9.18. The Bertz CT molecular complexity index is 238. The summed E-state index contributed by atoms with van der Waals surface area (Å²) in [7, 11) is 0. The van der Waals surface area contributed by atoms with Crippen LogP contribution in [-0.4, -0.2) is 36.1 Å². The largest absolute Gasteiger partial charge is 0.312 e. The molecule has 2 nitrogen and oxygen atoms in total. The van der Waals surface area contributed by atoms with Crippen molar-refractivity contribution in [2.75, 3.05) is 19.6 Å². The van der Waals surface area contributed by atoms with E-state index in [9.17, 15) is 0 Å². The second-order valence-corrected chi connectivity index (χ2v) is 6.51. The van der Waals surface area contributed by atoms with Gasteiger partial charge in [-0.15, -0.1) is 0 Å². The van der Waals surface area contributed by atoms with Gasteiger partial charge < -0.3 is 5.32 Å². The summed E-state index contributed by atoms with van der Waals surface area (Å²) in [6, 6.07) is 0.658. The van der Waals surface area contributed by atoms with E-state index in [1.165, 1.54) is 58.0 Å². The third-order valence-corrected chi connectivity index (χ3v) is 5.67.